The molecule has 1 saturated carbocycles. The minimum atomic E-state index is -0.590. The van der Waals surface area contributed by atoms with Crippen LogP contribution in [0.25, 0.3) is 0 Å². The lowest BCUT2D eigenvalue weighted by Gasteiger charge is -2.36. The fraction of sp³-hybridized carbons (Fsp3) is 0.571. The summed E-state index contributed by atoms with van der Waals surface area (Å²) in [5, 5.41) is 0. The topological polar surface area (TPSA) is 92.9 Å². The van der Waals surface area contributed by atoms with Crippen molar-refractivity contribution < 1.29 is 19.1 Å². The monoisotopic (exact) mass is 387 g/mol. The van der Waals surface area contributed by atoms with Gasteiger partial charge in [0.1, 0.15) is 5.75 Å². The normalized spacial score (nSPS) is 18.0. The highest BCUT2D eigenvalue weighted by molar-refractivity contribution is 5.97. The van der Waals surface area contributed by atoms with E-state index in [-0.39, 0.29) is 18.4 Å². The zero-order chi connectivity index (χ0) is 19.9. The summed E-state index contributed by atoms with van der Waals surface area (Å²) >= 11 is 0. The van der Waals surface area contributed by atoms with E-state index in [0.29, 0.717) is 49.8 Å². The zero-order valence-electron chi connectivity index (χ0n) is 16.3. The number of rotatable bonds is 6. The Morgan fingerprint density at radius 2 is 1.61 bits per heavy atom. The molecule has 28 heavy (non-hydrogen) atoms. The lowest BCUT2D eigenvalue weighted by atomic mass is 9.86. The third kappa shape index (κ3) is 5.24. The van der Waals surface area contributed by atoms with Crippen LogP contribution in [0.15, 0.2) is 24.3 Å². The van der Waals surface area contributed by atoms with Gasteiger partial charge < -0.3 is 20.3 Å². The number of piperazine rings is 1. The SMILES string of the molecule is NC(=O)COc1ccccc1C(=O)N1CCN(C(=O)CC2CCCCC2)CC1. The van der Waals surface area contributed by atoms with E-state index in [1.165, 1.54) is 19.3 Å². The van der Waals surface area contributed by atoms with Gasteiger partial charge >= 0.3 is 0 Å². The number of ether oxygens (including phenoxy) is 1. The maximum absolute atomic E-state index is 12.9. The Morgan fingerprint density at radius 1 is 0.964 bits per heavy atom. The number of nitrogens with two attached hydrogens (primary N) is 1. The van der Waals surface area contributed by atoms with E-state index in [0.717, 1.165) is 12.8 Å². The van der Waals surface area contributed by atoms with E-state index in [2.05, 4.69) is 0 Å². The van der Waals surface area contributed by atoms with Crippen molar-refractivity contribution in [2.24, 2.45) is 11.7 Å². The molecule has 152 valence electrons. The van der Waals surface area contributed by atoms with Crippen LogP contribution in [0.2, 0.25) is 0 Å². The Morgan fingerprint density at radius 3 is 2.29 bits per heavy atom. The number of carbonyl (C=O) groups excluding carboxylic acids is 3. The van der Waals surface area contributed by atoms with E-state index < -0.39 is 5.91 Å². The summed E-state index contributed by atoms with van der Waals surface area (Å²) in [6.07, 6.45) is 6.71. The van der Waals surface area contributed by atoms with Crippen molar-refractivity contribution in [1.82, 2.24) is 9.80 Å². The summed E-state index contributed by atoms with van der Waals surface area (Å²) < 4.78 is 5.37. The van der Waals surface area contributed by atoms with Crippen molar-refractivity contribution in [3.05, 3.63) is 29.8 Å². The molecule has 0 unspecified atom stereocenters. The molecule has 7 nitrogen and oxygen atoms in total. The van der Waals surface area contributed by atoms with Gasteiger partial charge in [-0.05, 0) is 30.9 Å². The van der Waals surface area contributed by atoms with Gasteiger partial charge in [0.05, 0.1) is 5.56 Å². The van der Waals surface area contributed by atoms with Gasteiger partial charge in [-0.25, -0.2) is 0 Å². The van der Waals surface area contributed by atoms with Crippen LogP contribution in [0.4, 0.5) is 0 Å². The van der Waals surface area contributed by atoms with Gasteiger partial charge in [0.2, 0.25) is 5.91 Å². The summed E-state index contributed by atoms with van der Waals surface area (Å²) in [6.45, 7) is 1.84. The molecule has 0 bridgehead atoms. The smallest absolute Gasteiger partial charge is 0.257 e. The van der Waals surface area contributed by atoms with Crippen molar-refractivity contribution in [1.29, 1.82) is 0 Å². The van der Waals surface area contributed by atoms with Crippen LogP contribution in [0.5, 0.6) is 5.75 Å². The third-order valence-corrected chi connectivity index (χ3v) is 5.60. The lowest BCUT2D eigenvalue weighted by molar-refractivity contribution is -0.134. The maximum atomic E-state index is 12.9. The highest BCUT2D eigenvalue weighted by Gasteiger charge is 2.28. The Balaban J connectivity index is 1.54. The summed E-state index contributed by atoms with van der Waals surface area (Å²) in [4.78, 5) is 40.0. The van der Waals surface area contributed by atoms with Crippen LogP contribution < -0.4 is 10.5 Å². The quantitative estimate of drug-likeness (QED) is 0.806. The van der Waals surface area contributed by atoms with Gasteiger partial charge in [0.25, 0.3) is 11.8 Å². The first kappa shape index (κ1) is 20.2. The van der Waals surface area contributed by atoms with Gasteiger partial charge in [-0.2, -0.15) is 0 Å². The first-order chi connectivity index (χ1) is 13.5. The first-order valence-corrected chi connectivity index (χ1v) is 10.1. The predicted molar refractivity (Wildman–Crippen MR) is 105 cm³/mol. The molecule has 1 heterocycles. The summed E-state index contributed by atoms with van der Waals surface area (Å²) in [5.74, 6) is 0.341. The molecule has 2 fully saturated rings. The van der Waals surface area contributed by atoms with Crippen molar-refractivity contribution in [2.45, 2.75) is 38.5 Å². The van der Waals surface area contributed by atoms with Gasteiger partial charge in [0, 0.05) is 32.6 Å². The Kier molecular flexibility index (Phi) is 6.90. The molecule has 0 atom stereocenters. The van der Waals surface area contributed by atoms with Crippen molar-refractivity contribution in [3.8, 4) is 5.75 Å². The molecule has 2 aliphatic rings. The molecule has 0 aromatic heterocycles. The van der Waals surface area contributed by atoms with Gasteiger partial charge in [-0.1, -0.05) is 31.4 Å². The molecule has 0 radical (unpaired) electrons. The average molecular weight is 387 g/mol. The third-order valence-electron chi connectivity index (χ3n) is 5.60. The maximum Gasteiger partial charge on any atom is 0.257 e. The van der Waals surface area contributed by atoms with Crippen LogP contribution in [-0.4, -0.2) is 60.3 Å². The molecule has 7 heteroatoms. The number of hydrogen-bond donors (Lipinski definition) is 1. The standard InChI is InChI=1S/C21H29N3O4/c22-19(25)15-28-18-9-5-4-8-17(18)21(27)24-12-10-23(11-13-24)20(26)14-16-6-2-1-3-7-16/h4-5,8-9,16H,1-3,6-7,10-15H2,(H2,22,25). The van der Waals surface area contributed by atoms with E-state index in [4.69, 9.17) is 10.5 Å². The zero-order valence-corrected chi connectivity index (χ0v) is 16.3. The molecule has 1 aliphatic heterocycles. The fourth-order valence-electron chi connectivity index (χ4n) is 4.01. The number of amides is 3. The predicted octanol–water partition coefficient (Wildman–Crippen LogP) is 1.81. The van der Waals surface area contributed by atoms with Gasteiger partial charge in [0.15, 0.2) is 6.61 Å². The Bertz CT molecular complexity index is 707. The second kappa shape index (κ2) is 9.57. The fourth-order valence-corrected chi connectivity index (χ4v) is 4.01. The lowest BCUT2D eigenvalue weighted by Crippen LogP contribution is -2.51. The van der Waals surface area contributed by atoms with E-state index in [1.807, 2.05) is 4.90 Å². The minimum absolute atomic E-state index is 0.153. The van der Waals surface area contributed by atoms with Crippen molar-refractivity contribution >= 4 is 17.7 Å². The van der Waals surface area contributed by atoms with E-state index in [1.54, 1.807) is 29.2 Å². The van der Waals surface area contributed by atoms with Gasteiger partial charge in [-0.3, -0.25) is 14.4 Å². The number of hydrogen-bond acceptors (Lipinski definition) is 4. The number of para-hydroxylation sites is 1. The first-order valence-electron chi connectivity index (χ1n) is 10.1. The average Bonchev–Trinajstić information content (AvgIpc) is 2.73. The molecule has 1 saturated heterocycles. The van der Waals surface area contributed by atoms with Crippen molar-refractivity contribution in [2.75, 3.05) is 32.8 Å². The molecule has 3 amide bonds. The highest BCUT2D eigenvalue weighted by atomic mass is 16.5. The van der Waals surface area contributed by atoms with Crippen LogP contribution in [0, 0.1) is 5.92 Å². The Labute approximate surface area is 165 Å². The van der Waals surface area contributed by atoms with Gasteiger partial charge in [-0.15, -0.1) is 0 Å². The van der Waals surface area contributed by atoms with E-state index in [9.17, 15) is 14.4 Å². The largest absolute Gasteiger partial charge is 0.483 e. The number of carbonyl (C=O) groups is 3. The number of primary amides is 1. The van der Waals surface area contributed by atoms with Crippen LogP contribution >= 0.6 is 0 Å². The van der Waals surface area contributed by atoms with Crippen LogP contribution in [0.1, 0.15) is 48.9 Å². The molecular weight excluding hydrogens is 358 g/mol. The second-order valence-corrected chi connectivity index (χ2v) is 7.63. The van der Waals surface area contributed by atoms with Crippen LogP contribution in [0.3, 0.4) is 0 Å². The molecule has 2 N–H and O–H groups in total. The Hall–Kier alpha value is -2.57. The second-order valence-electron chi connectivity index (χ2n) is 7.63. The summed E-state index contributed by atoms with van der Waals surface area (Å²) in [7, 11) is 0. The summed E-state index contributed by atoms with van der Waals surface area (Å²) in [5.41, 5.74) is 5.53. The summed E-state index contributed by atoms with van der Waals surface area (Å²) in [6, 6.07) is 6.84. The van der Waals surface area contributed by atoms with Crippen LogP contribution in [-0.2, 0) is 9.59 Å². The minimum Gasteiger partial charge on any atom is -0.483 e. The highest BCUT2D eigenvalue weighted by Crippen LogP contribution is 2.27. The molecule has 3 rings (SSSR count). The molecular formula is C21H29N3O4. The number of nitrogens with zero attached hydrogens (tertiary/aromatic N) is 2. The number of benzene rings is 1. The van der Waals surface area contributed by atoms with E-state index >= 15 is 0 Å². The van der Waals surface area contributed by atoms with Crippen molar-refractivity contribution in [3.63, 3.8) is 0 Å². The molecule has 1 aromatic carbocycles. The molecule has 1 aliphatic carbocycles. The molecule has 1 aromatic rings. The molecule has 0 spiro atoms.